The van der Waals surface area contributed by atoms with Gasteiger partial charge in [0.05, 0.1) is 21.3 Å². The summed E-state index contributed by atoms with van der Waals surface area (Å²) in [5, 5.41) is 6.08. The smallest absolute Gasteiger partial charge is 0.255 e. The maximum atomic E-state index is 12.5. The molecule has 3 aromatic rings. The van der Waals surface area contributed by atoms with Crippen LogP contribution < -0.4 is 24.8 Å². The molecule has 7 heteroatoms. The van der Waals surface area contributed by atoms with Crippen LogP contribution in [0.2, 0.25) is 0 Å². The average Bonchev–Trinajstić information content (AvgIpc) is 2.78. The zero-order valence-corrected chi connectivity index (χ0v) is 16.6. The normalized spacial score (nSPS) is 10.2. The third-order valence-electron chi connectivity index (χ3n) is 4.29. The van der Waals surface area contributed by atoms with Gasteiger partial charge in [0.2, 0.25) is 0 Å². The minimum Gasteiger partial charge on any atom is -0.497 e. The number of methoxy groups -OCH3 is 3. The highest BCUT2D eigenvalue weighted by Crippen LogP contribution is 2.27. The molecular weight excluding hydrogens is 370 g/mol. The highest BCUT2D eigenvalue weighted by Gasteiger charge is 2.09. The SMILES string of the molecule is COc1ccc(NC(=O)c2ccnc(NCc3ccc(OC)c(OC)c3)c2)cc1. The predicted octanol–water partition coefficient (Wildman–Crippen LogP) is 3.97. The summed E-state index contributed by atoms with van der Waals surface area (Å²) in [4.78, 5) is 16.8. The molecule has 1 aromatic heterocycles. The predicted molar refractivity (Wildman–Crippen MR) is 112 cm³/mol. The van der Waals surface area contributed by atoms with Gasteiger partial charge >= 0.3 is 0 Å². The lowest BCUT2D eigenvalue weighted by molar-refractivity contribution is 0.102. The Hall–Kier alpha value is -3.74. The number of nitrogens with one attached hydrogen (secondary N) is 2. The summed E-state index contributed by atoms with van der Waals surface area (Å²) in [5.41, 5.74) is 2.19. The molecule has 0 aliphatic heterocycles. The van der Waals surface area contributed by atoms with E-state index in [0.717, 1.165) is 11.3 Å². The molecule has 2 aromatic carbocycles. The number of pyridine rings is 1. The third kappa shape index (κ3) is 5.16. The third-order valence-corrected chi connectivity index (χ3v) is 4.29. The number of rotatable bonds is 8. The first-order valence-electron chi connectivity index (χ1n) is 8.99. The molecule has 3 rings (SSSR count). The van der Waals surface area contributed by atoms with Crippen molar-refractivity contribution in [3.05, 3.63) is 71.9 Å². The zero-order chi connectivity index (χ0) is 20.6. The van der Waals surface area contributed by atoms with E-state index in [9.17, 15) is 4.79 Å². The van der Waals surface area contributed by atoms with Crippen LogP contribution in [0.3, 0.4) is 0 Å². The second-order valence-electron chi connectivity index (χ2n) is 6.16. The van der Waals surface area contributed by atoms with Gasteiger partial charge in [-0.15, -0.1) is 0 Å². The number of carbonyl (C=O) groups is 1. The molecule has 7 nitrogen and oxygen atoms in total. The van der Waals surface area contributed by atoms with Crippen LogP contribution in [0.15, 0.2) is 60.8 Å². The minimum atomic E-state index is -0.216. The van der Waals surface area contributed by atoms with Gasteiger partial charge in [0, 0.05) is 24.0 Å². The molecular formula is C22H23N3O4. The minimum absolute atomic E-state index is 0.216. The molecule has 0 spiro atoms. The molecule has 0 saturated carbocycles. The Kier molecular flexibility index (Phi) is 6.52. The van der Waals surface area contributed by atoms with Crippen molar-refractivity contribution in [2.24, 2.45) is 0 Å². The maximum absolute atomic E-state index is 12.5. The summed E-state index contributed by atoms with van der Waals surface area (Å²) in [7, 11) is 4.80. The topological polar surface area (TPSA) is 81.7 Å². The van der Waals surface area contributed by atoms with Crippen LogP contribution in [0.5, 0.6) is 17.2 Å². The maximum Gasteiger partial charge on any atom is 0.255 e. The number of ether oxygens (including phenoxy) is 3. The van der Waals surface area contributed by atoms with Gasteiger partial charge in [-0.1, -0.05) is 6.07 Å². The summed E-state index contributed by atoms with van der Waals surface area (Å²) < 4.78 is 15.7. The Balaban J connectivity index is 1.65. The lowest BCUT2D eigenvalue weighted by Crippen LogP contribution is -2.12. The first-order valence-corrected chi connectivity index (χ1v) is 8.99. The lowest BCUT2D eigenvalue weighted by Gasteiger charge is -2.11. The van der Waals surface area contributed by atoms with E-state index in [-0.39, 0.29) is 5.91 Å². The average molecular weight is 393 g/mol. The van der Waals surface area contributed by atoms with Gasteiger partial charge in [-0.05, 0) is 54.1 Å². The Bertz CT molecular complexity index is 974. The van der Waals surface area contributed by atoms with Gasteiger partial charge in [-0.3, -0.25) is 4.79 Å². The van der Waals surface area contributed by atoms with Crippen LogP contribution in [-0.4, -0.2) is 32.2 Å². The second-order valence-corrected chi connectivity index (χ2v) is 6.16. The van der Waals surface area contributed by atoms with E-state index in [0.29, 0.717) is 35.1 Å². The van der Waals surface area contributed by atoms with E-state index in [1.807, 2.05) is 18.2 Å². The molecule has 0 atom stereocenters. The van der Waals surface area contributed by atoms with Gasteiger partial charge in [-0.2, -0.15) is 0 Å². The summed E-state index contributed by atoms with van der Waals surface area (Å²) in [6.07, 6.45) is 1.60. The van der Waals surface area contributed by atoms with Gasteiger partial charge < -0.3 is 24.8 Å². The monoisotopic (exact) mass is 393 g/mol. The standard InChI is InChI=1S/C22H23N3O4/c1-27-18-7-5-17(6-8-18)25-22(26)16-10-11-23-21(13-16)24-14-15-4-9-19(28-2)20(12-15)29-3/h4-13H,14H2,1-3H3,(H,23,24)(H,25,26). The number of benzene rings is 2. The van der Waals surface area contributed by atoms with E-state index in [4.69, 9.17) is 14.2 Å². The number of amides is 1. The quantitative estimate of drug-likeness (QED) is 0.603. The number of anilines is 2. The van der Waals surface area contributed by atoms with Crippen molar-refractivity contribution in [1.29, 1.82) is 0 Å². The number of carbonyl (C=O) groups excluding carboxylic acids is 1. The van der Waals surface area contributed by atoms with Crippen LogP contribution in [-0.2, 0) is 6.54 Å². The molecule has 1 amide bonds. The number of aromatic nitrogens is 1. The molecule has 0 saturated heterocycles. The summed E-state index contributed by atoms with van der Waals surface area (Å²) in [5.74, 6) is 2.45. The van der Waals surface area contributed by atoms with Crippen LogP contribution >= 0.6 is 0 Å². The van der Waals surface area contributed by atoms with Gasteiger partial charge in [0.15, 0.2) is 11.5 Å². The van der Waals surface area contributed by atoms with Crippen molar-refractivity contribution in [2.75, 3.05) is 32.0 Å². The summed E-state index contributed by atoms with van der Waals surface area (Å²) in [6, 6.07) is 16.2. The fraction of sp³-hybridized carbons (Fsp3) is 0.182. The van der Waals surface area contributed by atoms with Gasteiger partial charge in [-0.25, -0.2) is 4.98 Å². The van der Waals surface area contributed by atoms with E-state index >= 15 is 0 Å². The van der Waals surface area contributed by atoms with Crippen LogP contribution in [0, 0.1) is 0 Å². The molecule has 0 unspecified atom stereocenters. The molecule has 0 radical (unpaired) electrons. The summed E-state index contributed by atoms with van der Waals surface area (Å²) in [6.45, 7) is 0.525. The fourth-order valence-electron chi connectivity index (χ4n) is 2.73. The number of hydrogen-bond acceptors (Lipinski definition) is 6. The van der Waals surface area contributed by atoms with Crippen molar-refractivity contribution in [2.45, 2.75) is 6.54 Å². The van der Waals surface area contributed by atoms with Crippen LogP contribution in [0.25, 0.3) is 0 Å². The van der Waals surface area contributed by atoms with Crippen molar-refractivity contribution in [3.63, 3.8) is 0 Å². The molecule has 150 valence electrons. The highest BCUT2D eigenvalue weighted by molar-refractivity contribution is 6.04. The van der Waals surface area contributed by atoms with Crippen LogP contribution in [0.1, 0.15) is 15.9 Å². The summed E-state index contributed by atoms with van der Waals surface area (Å²) >= 11 is 0. The number of hydrogen-bond donors (Lipinski definition) is 2. The van der Waals surface area contributed by atoms with Gasteiger partial charge in [0.1, 0.15) is 11.6 Å². The Morgan fingerprint density at radius 3 is 2.34 bits per heavy atom. The largest absolute Gasteiger partial charge is 0.497 e. The van der Waals surface area contributed by atoms with Crippen molar-refractivity contribution >= 4 is 17.4 Å². The molecule has 0 bridgehead atoms. The zero-order valence-electron chi connectivity index (χ0n) is 16.6. The van der Waals surface area contributed by atoms with Crippen molar-refractivity contribution < 1.29 is 19.0 Å². The van der Waals surface area contributed by atoms with E-state index in [1.54, 1.807) is 63.9 Å². The van der Waals surface area contributed by atoms with Gasteiger partial charge in [0.25, 0.3) is 5.91 Å². The van der Waals surface area contributed by atoms with E-state index in [2.05, 4.69) is 15.6 Å². The first-order chi connectivity index (χ1) is 14.1. The fourth-order valence-corrected chi connectivity index (χ4v) is 2.73. The molecule has 0 aliphatic rings. The Morgan fingerprint density at radius 1 is 0.897 bits per heavy atom. The molecule has 0 fully saturated rings. The molecule has 29 heavy (non-hydrogen) atoms. The van der Waals surface area contributed by atoms with E-state index in [1.165, 1.54) is 0 Å². The molecule has 1 heterocycles. The lowest BCUT2D eigenvalue weighted by atomic mass is 10.2. The van der Waals surface area contributed by atoms with E-state index < -0.39 is 0 Å². The van der Waals surface area contributed by atoms with Crippen molar-refractivity contribution in [3.8, 4) is 17.2 Å². The Labute approximate surface area is 169 Å². The first kappa shape index (κ1) is 20.0. The van der Waals surface area contributed by atoms with Crippen molar-refractivity contribution in [1.82, 2.24) is 4.98 Å². The highest BCUT2D eigenvalue weighted by atomic mass is 16.5. The molecule has 2 N–H and O–H groups in total. The number of nitrogens with zero attached hydrogens (tertiary/aromatic N) is 1. The van der Waals surface area contributed by atoms with Crippen LogP contribution in [0.4, 0.5) is 11.5 Å². The Morgan fingerprint density at radius 2 is 1.66 bits per heavy atom. The molecule has 0 aliphatic carbocycles. The second kappa shape index (κ2) is 9.45.